The summed E-state index contributed by atoms with van der Waals surface area (Å²) in [5.41, 5.74) is 1.52. The van der Waals surface area contributed by atoms with E-state index in [-0.39, 0.29) is 28.6 Å². The van der Waals surface area contributed by atoms with Crippen LogP contribution in [0, 0.1) is 17.0 Å². The Morgan fingerprint density at radius 1 is 0.981 bits per heavy atom. The third kappa shape index (κ3) is 6.26. The minimum absolute atomic E-state index is 0.00278. The van der Waals surface area contributed by atoms with Crippen LogP contribution >= 0.6 is 10.0 Å². The normalized spacial score (nSPS) is 21.6. The van der Waals surface area contributed by atoms with Crippen LogP contribution in [0.1, 0.15) is 85.6 Å². The second kappa shape index (κ2) is 13.8. The number of imidazole rings is 1. The number of phenols is 1. The van der Waals surface area contributed by atoms with Crippen LogP contribution in [-0.2, 0) is 7.05 Å². The Balaban J connectivity index is 1.22. The highest BCUT2D eigenvalue weighted by Crippen LogP contribution is 2.59. The third-order valence-electron chi connectivity index (χ3n) is 12.4. The second-order valence-electron chi connectivity index (χ2n) is 16.4. The van der Waals surface area contributed by atoms with Crippen molar-refractivity contribution in [1.82, 2.24) is 29.7 Å². The monoisotopic (exact) mass is 743 g/mol. The van der Waals surface area contributed by atoms with E-state index in [0.717, 1.165) is 63.2 Å². The molecule has 2 atom stereocenters. The summed E-state index contributed by atoms with van der Waals surface area (Å²) in [4.78, 5) is 19.8. The lowest BCUT2D eigenvalue weighted by Crippen LogP contribution is -2.51. The third-order valence-corrected chi connectivity index (χ3v) is 17.5. The number of ether oxygens (including phenoxy) is 2. The first kappa shape index (κ1) is 36.2. The molecule has 2 unspecified atom stereocenters. The minimum atomic E-state index is -1.45. The van der Waals surface area contributed by atoms with Gasteiger partial charge in [0.2, 0.25) is 0 Å². The van der Waals surface area contributed by atoms with E-state index in [9.17, 15) is 5.11 Å². The molecule has 0 spiro atoms. The minimum Gasteiger partial charge on any atom is -0.508 e. The number of halogens is 1. The first-order chi connectivity index (χ1) is 25.4. The maximum atomic E-state index is 15.9. The molecule has 10 nitrogen and oxygen atoms in total. The Kier molecular flexibility index (Phi) is 9.43. The van der Waals surface area contributed by atoms with Crippen molar-refractivity contribution in [3.05, 3.63) is 35.6 Å². The molecule has 284 valence electrons. The lowest BCUT2D eigenvalue weighted by atomic mass is 9.95. The van der Waals surface area contributed by atoms with Gasteiger partial charge in [0.1, 0.15) is 29.4 Å². The molecular weight excluding hydrogens is 690 g/mol. The lowest BCUT2D eigenvalue weighted by molar-refractivity contribution is 0.108. The Hall–Kier alpha value is -3.79. The molecule has 4 aromatic rings. The number of anilines is 1. The number of fused-ring (bicyclic) bond motifs is 5. The van der Waals surface area contributed by atoms with Crippen molar-refractivity contribution in [2.75, 3.05) is 37.7 Å². The van der Waals surface area contributed by atoms with E-state index in [4.69, 9.17) is 24.4 Å². The van der Waals surface area contributed by atoms with E-state index in [1.165, 1.54) is 25.0 Å². The fourth-order valence-electron chi connectivity index (χ4n) is 9.87. The van der Waals surface area contributed by atoms with Crippen LogP contribution in [0.15, 0.2) is 24.3 Å². The quantitative estimate of drug-likeness (QED) is 0.170. The van der Waals surface area contributed by atoms with Crippen LogP contribution in [0.2, 0.25) is 0 Å². The van der Waals surface area contributed by atoms with Crippen LogP contribution in [0.25, 0.3) is 21.9 Å². The first-order valence-corrected chi connectivity index (χ1v) is 21.3. The number of hydrogen-bond donors (Lipinski definition) is 2. The highest BCUT2D eigenvalue weighted by atomic mass is 32.3. The molecule has 6 heterocycles. The number of aromatic nitrogens is 4. The average molecular weight is 744 g/mol. The molecule has 2 aromatic carbocycles. The molecule has 4 saturated heterocycles. The Labute approximate surface area is 314 Å². The van der Waals surface area contributed by atoms with E-state index in [1.54, 1.807) is 12.1 Å². The van der Waals surface area contributed by atoms with Crippen LogP contribution in [0.5, 0.6) is 23.5 Å². The highest BCUT2D eigenvalue weighted by molar-refractivity contribution is 8.38. The smallest absolute Gasteiger partial charge is 0.320 e. The van der Waals surface area contributed by atoms with Gasteiger partial charge in [-0.25, -0.2) is 4.39 Å². The molecular formula is C41H54FN7O3S. The average Bonchev–Trinajstić information content (AvgIpc) is 3.86. The van der Waals surface area contributed by atoms with Gasteiger partial charge in [-0.2, -0.15) is 25.0 Å². The van der Waals surface area contributed by atoms with Gasteiger partial charge in [0, 0.05) is 43.7 Å². The number of hydrogen-bond acceptors (Lipinski definition) is 9. The SMILES string of the molecule is CC(C)S(C#Cc1c(F)ccc2cc(O)cc(Oc3nc4nc(OCC56CCCN5CCC6)nc(N5CC6CCC(C5)N6)c4n3C)c12)(C(C)C)C(C)C. The molecule has 2 aromatic heterocycles. The zero-order valence-corrected chi connectivity index (χ0v) is 33.0. The van der Waals surface area contributed by atoms with Gasteiger partial charge in [0.25, 0.3) is 0 Å². The molecule has 0 amide bonds. The summed E-state index contributed by atoms with van der Waals surface area (Å²) in [5, 5.41) is 20.4. The summed E-state index contributed by atoms with van der Waals surface area (Å²) in [6.07, 6.45) is 6.91. The Morgan fingerprint density at radius 3 is 2.32 bits per heavy atom. The van der Waals surface area contributed by atoms with E-state index in [2.05, 4.69) is 67.8 Å². The van der Waals surface area contributed by atoms with Gasteiger partial charge in [-0.15, -0.1) is 0 Å². The van der Waals surface area contributed by atoms with Gasteiger partial charge < -0.3 is 24.8 Å². The molecule has 4 aliphatic heterocycles. The molecule has 8 rings (SSSR count). The number of nitrogens with one attached hydrogen (secondary N) is 1. The largest absolute Gasteiger partial charge is 0.508 e. The maximum absolute atomic E-state index is 15.9. The summed E-state index contributed by atoms with van der Waals surface area (Å²) in [7, 11) is 0.444. The maximum Gasteiger partial charge on any atom is 0.320 e. The molecule has 0 saturated carbocycles. The van der Waals surface area contributed by atoms with Crippen LogP contribution in [0.3, 0.4) is 0 Å². The van der Waals surface area contributed by atoms with Gasteiger partial charge in [-0.3, -0.25) is 9.47 Å². The number of rotatable bonds is 9. The van der Waals surface area contributed by atoms with E-state index < -0.39 is 15.8 Å². The highest BCUT2D eigenvalue weighted by Gasteiger charge is 2.45. The molecule has 4 fully saturated rings. The van der Waals surface area contributed by atoms with Crippen LogP contribution in [-0.4, -0.2) is 95.7 Å². The first-order valence-electron chi connectivity index (χ1n) is 19.5. The van der Waals surface area contributed by atoms with Crippen molar-refractivity contribution in [2.45, 2.75) is 113 Å². The fourth-order valence-corrected chi connectivity index (χ4v) is 14.1. The van der Waals surface area contributed by atoms with Gasteiger partial charge in [-0.1, -0.05) is 53.5 Å². The second-order valence-corrected chi connectivity index (χ2v) is 21.0. The number of phenolic OH excluding ortho intramolecular Hbond substituents is 1. The number of piperazine rings is 1. The number of aromatic hydroxyl groups is 1. The lowest BCUT2D eigenvalue weighted by Gasteiger charge is -2.46. The van der Waals surface area contributed by atoms with Crippen molar-refractivity contribution in [2.24, 2.45) is 7.05 Å². The topological polar surface area (TPSA) is 101 Å². The van der Waals surface area contributed by atoms with Gasteiger partial charge in [0.05, 0.1) is 11.1 Å². The van der Waals surface area contributed by atoms with Crippen molar-refractivity contribution in [3.8, 4) is 34.7 Å². The van der Waals surface area contributed by atoms with Gasteiger partial charge in [0.15, 0.2) is 11.5 Å². The zero-order valence-electron chi connectivity index (χ0n) is 32.2. The zero-order chi connectivity index (χ0) is 37.2. The predicted octanol–water partition coefficient (Wildman–Crippen LogP) is 7.44. The van der Waals surface area contributed by atoms with Crippen molar-refractivity contribution < 1.29 is 19.0 Å². The van der Waals surface area contributed by atoms with Crippen LogP contribution < -0.4 is 19.7 Å². The summed E-state index contributed by atoms with van der Waals surface area (Å²) >= 11 is 0. The summed E-state index contributed by atoms with van der Waals surface area (Å²) in [6.45, 7) is 17.8. The Morgan fingerprint density at radius 2 is 1.66 bits per heavy atom. The molecule has 53 heavy (non-hydrogen) atoms. The summed E-state index contributed by atoms with van der Waals surface area (Å²) in [6, 6.07) is 7.58. The van der Waals surface area contributed by atoms with E-state index in [0.29, 0.717) is 56.9 Å². The molecule has 0 aliphatic carbocycles. The van der Waals surface area contributed by atoms with E-state index in [1.807, 2.05) is 11.6 Å². The molecule has 0 radical (unpaired) electrons. The molecule has 2 N–H and O–H groups in total. The number of benzene rings is 2. The summed E-state index contributed by atoms with van der Waals surface area (Å²) < 4.78 is 30.9. The number of aryl methyl sites for hydroxylation is 1. The Bertz CT molecular complexity index is 2060. The molecule has 4 aliphatic rings. The van der Waals surface area contributed by atoms with Crippen molar-refractivity contribution in [1.29, 1.82) is 0 Å². The number of nitrogens with zero attached hydrogens (tertiary/aromatic N) is 6. The molecule has 12 heteroatoms. The van der Waals surface area contributed by atoms with Crippen molar-refractivity contribution >= 4 is 37.8 Å². The van der Waals surface area contributed by atoms with Crippen molar-refractivity contribution in [3.63, 3.8) is 0 Å². The molecule has 2 bridgehead atoms. The fraction of sp³-hybridized carbons (Fsp3) is 0.585. The van der Waals surface area contributed by atoms with Gasteiger partial charge >= 0.3 is 12.0 Å². The standard InChI is InChI=1S/C41H54FN7O3S/c1-25(2)53(26(3)4,27(5)6)19-14-32-33(42)13-10-28-20-31(50)21-34(35(28)32)52-40-45-37-36(47(40)7)38(48-22-29-11-12-30(23-48)43-29)46-39(44-37)51-24-41-15-8-17-49(41)18-9-16-41/h10,13,20-21,25-27,29-30,43,50H,8-9,11-12,15-18,22-24H2,1-7H3. The summed E-state index contributed by atoms with van der Waals surface area (Å²) in [5.74, 6) is 3.94. The predicted molar refractivity (Wildman–Crippen MR) is 212 cm³/mol. The van der Waals surface area contributed by atoms with E-state index >= 15 is 4.39 Å². The van der Waals surface area contributed by atoms with Crippen LogP contribution in [0.4, 0.5) is 10.2 Å². The van der Waals surface area contributed by atoms with Gasteiger partial charge in [-0.05, 0) is 90.1 Å².